The quantitative estimate of drug-likeness (QED) is 0.176. The summed E-state index contributed by atoms with van der Waals surface area (Å²) >= 11 is 0. The van der Waals surface area contributed by atoms with Gasteiger partial charge in [-0.15, -0.1) is 6.58 Å². The zero-order valence-electron chi connectivity index (χ0n) is 31.1. The van der Waals surface area contributed by atoms with Crippen LogP contribution >= 0.6 is 0 Å². The monoisotopic (exact) mass is 678 g/mol. The van der Waals surface area contributed by atoms with Gasteiger partial charge in [-0.1, -0.05) is 71.0 Å². The molecule has 10 heteroatoms. The molecule has 1 saturated heterocycles. The van der Waals surface area contributed by atoms with Gasteiger partial charge in [-0.25, -0.2) is 4.79 Å². The lowest BCUT2D eigenvalue weighted by Gasteiger charge is -2.38. The van der Waals surface area contributed by atoms with E-state index in [0.717, 1.165) is 5.56 Å². The highest BCUT2D eigenvalue weighted by molar-refractivity contribution is 6.38. The van der Waals surface area contributed by atoms with Crippen molar-refractivity contribution in [3.05, 3.63) is 48.6 Å². The van der Waals surface area contributed by atoms with E-state index < -0.39 is 46.6 Å². The summed E-state index contributed by atoms with van der Waals surface area (Å²) in [6.07, 6.45) is 2.51. The Morgan fingerprint density at radius 3 is 2.22 bits per heavy atom. The van der Waals surface area contributed by atoms with Gasteiger partial charge in [0.1, 0.15) is 6.04 Å². The summed E-state index contributed by atoms with van der Waals surface area (Å²) in [6.45, 7) is 19.9. The van der Waals surface area contributed by atoms with E-state index in [4.69, 9.17) is 0 Å². The summed E-state index contributed by atoms with van der Waals surface area (Å²) in [5, 5.41) is 5.71. The SMILES string of the molecule is C=CCCC(CC(=O)[C@@H]1[C@@H]2[C@H](CN1C(=O)[C@@H](NC(=O)NC(C)(C)C)C(C)(C)C)C2(C)C)C(=O)C(=O)CCCC(=O)N(C)Cc1ccccc1. The lowest BCUT2D eigenvalue weighted by atomic mass is 9.83. The number of nitrogens with one attached hydrogen (secondary N) is 2. The Morgan fingerprint density at radius 1 is 1.02 bits per heavy atom. The molecule has 5 atom stereocenters. The number of Topliss-reactive ketones (excluding diaryl/α,β-unsaturated/α-hetero) is 3. The number of nitrogens with zero attached hydrogens (tertiary/aromatic N) is 2. The molecule has 2 aliphatic rings. The maximum atomic E-state index is 14.2. The molecule has 1 aliphatic carbocycles. The van der Waals surface area contributed by atoms with E-state index in [-0.39, 0.29) is 67.0 Å². The second-order valence-electron chi connectivity index (χ2n) is 16.6. The smallest absolute Gasteiger partial charge is 0.315 e. The van der Waals surface area contributed by atoms with Crippen molar-refractivity contribution in [2.24, 2.45) is 28.6 Å². The zero-order valence-corrected chi connectivity index (χ0v) is 31.1. The van der Waals surface area contributed by atoms with Gasteiger partial charge in [0.15, 0.2) is 11.6 Å². The van der Waals surface area contributed by atoms with Gasteiger partial charge in [-0.2, -0.15) is 0 Å². The molecule has 0 bridgehead atoms. The minimum atomic E-state index is -0.889. The molecule has 2 fully saturated rings. The predicted molar refractivity (Wildman–Crippen MR) is 190 cm³/mol. The van der Waals surface area contributed by atoms with Crippen molar-refractivity contribution in [3.63, 3.8) is 0 Å². The van der Waals surface area contributed by atoms with Gasteiger partial charge in [0.05, 0.1) is 6.04 Å². The van der Waals surface area contributed by atoms with E-state index in [1.165, 1.54) is 0 Å². The number of rotatable bonds is 16. The van der Waals surface area contributed by atoms with Crippen LogP contribution in [-0.4, -0.2) is 76.2 Å². The molecule has 1 aliphatic heterocycles. The second-order valence-corrected chi connectivity index (χ2v) is 16.6. The molecule has 4 amide bonds. The Kier molecular flexibility index (Phi) is 12.8. The van der Waals surface area contributed by atoms with Gasteiger partial charge in [0.2, 0.25) is 17.6 Å². The normalized spacial score (nSPS) is 20.8. The average molecular weight is 679 g/mol. The molecule has 1 saturated carbocycles. The van der Waals surface area contributed by atoms with Gasteiger partial charge >= 0.3 is 6.03 Å². The van der Waals surface area contributed by atoms with E-state index >= 15 is 0 Å². The molecule has 0 spiro atoms. The van der Waals surface area contributed by atoms with Crippen LogP contribution in [0.5, 0.6) is 0 Å². The molecular weight excluding hydrogens is 620 g/mol. The van der Waals surface area contributed by atoms with Gasteiger partial charge in [0, 0.05) is 50.9 Å². The first kappa shape index (κ1) is 39.6. The van der Waals surface area contributed by atoms with Crippen molar-refractivity contribution in [3.8, 4) is 0 Å². The van der Waals surface area contributed by atoms with Crippen molar-refractivity contribution in [2.45, 2.75) is 118 Å². The molecule has 0 aromatic heterocycles. The third kappa shape index (κ3) is 10.3. The number of benzene rings is 1. The molecule has 270 valence electrons. The molecule has 3 rings (SSSR count). The third-order valence-electron chi connectivity index (χ3n) is 9.99. The van der Waals surface area contributed by atoms with E-state index in [2.05, 4.69) is 31.1 Å². The Balaban J connectivity index is 1.70. The number of hydrogen-bond acceptors (Lipinski definition) is 6. The summed E-state index contributed by atoms with van der Waals surface area (Å²) in [4.78, 5) is 83.7. The van der Waals surface area contributed by atoms with Crippen molar-refractivity contribution in [1.29, 1.82) is 0 Å². The van der Waals surface area contributed by atoms with Crippen molar-refractivity contribution >= 4 is 35.2 Å². The van der Waals surface area contributed by atoms with Gasteiger partial charge in [-0.05, 0) is 68.3 Å². The summed E-state index contributed by atoms with van der Waals surface area (Å²) in [6, 6.07) is 7.50. The van der Waals surface area contributed by atoms with Crippen LogP contribution in [0.2, 0.25) is 0 Å². The third-order valence-corrected chi connectivity index (χ3v) is 9.99. The maximum absolute atomic E-state index is 14.2. The lowest BCUT2D eigenvalue weighted by Crippen LogP contribution is -2.60. The number of carbonyl (C=O) groups is 6. The average Bonchev–Trinajstić information content (AvgIpc) is 3.31. The second kappa shape index (κ2) is 15.8. The fourth-order valence-electron chi connectivity index (χ4n) is 7.10. The molecule has 1 aromatic rings. The number of amides is 4. The highest BCUT2D eigenvalue weighted by Crippen LogP contribution is 2.65. The van der Waals surface area contributed by atoms with Crippen molar-refractivity contribution < 1.29 is 28.8 Å². The van der Waals surface area contributed by atoms with Gasteiger partial charge in [0.25, 0.3) is 0 Å². The summed E-state index contributed by atoms with van der Waals surface area (Å²) < 4.78 is 0. The number of hydrogen-bond donors (Lipinski definition) is 2. The Labute approximate surface area is 292 Å². The highest BCUT2D eigenvalue weighted by Gasteiger charge is 2.69. The number of fused-ring (bicyclic) bond motifs is 1. The van der Waals surface area contributed by atoms with Crippen molar-refractivity contribution in [1.82, 2.24) is 20.4 Å². The van der Waals surface area contributed by atoms with E-state index in [1.54, 1.807) is 22.9 Å². The van der Waals surface area contributed by atoms with Crippen LogP contribution in [0.3, 0.4) is 0 Å². The van der Waals surface area contributed by atoms with Crippen LogP contribution in [0.4, 0.5) is 4.79 Å². The summed E-state index contributed by atoms with van der Waals surface area (Å²) in [7, 11) is 1.71. The lowest BCUT2D eigenvalue weighted by molar-refractivity contribution is -0.144. The van der Waals surface area contributed by atoms with Gasteiger partial charge < -0.3 is 20.4 Å². The van der Waals surface area contributed by atoms with Crippen molar-refractivity contribution in [2.75, 3.05) is 13.6 Å². The first-order valence-electron chi connectivity index (χ1n) is 17.6. The predicted octanol–water partition coefficient (Wildman–Crippen LogP) is 5.49. The standard InChI is InChI=1S/C39H58N4O6/c1-11-12-19-26(33(47)28(44)20-16-21-30(46)42(10)23-25-17-14-13-15-18-25)22-29(45)32-31-27(39(31,8)9)24-43(32)35(48)34(37(2,3)4)40-36(49)41-38(5,6)7/h11,13-15,17-18,26-27,31-32,34H,1,12,16,19-24H2,2-10H3,(H2,40,41,49)/t26?,27-,31-,32+,34+/m0/s1. The van der Waals surface area contributed by atoms with E-state index in [1.807, 2.05) is 71.9 Å². The Hall–Kier alpha value is -3.82. The number of urea groups is 1. The molecule has 10 nitrogen and oxygen atoms in total. The first-order valence-corrected chi connectivity index (χ1v) is 17.6. The van der Waals surface area contributed by atoms with Crippen LogP contribution in [0, 0.1) is 28.6 Å². The number of piperidine rings is 1. The Morgan fingerprint density at radius 2 is 1.65 bits per heavy atom. The number of allylic oxidation sites excluding steroid dienone is 1. The minimum Gasteiger partial charge on any atom is -0.341 e. The van der Waals surface area contributed by atoms with Crippen LogP contribution in [0.1, 0.15) is 99.5 Å². The van der Waals surface area contributed by atoms with Crippen LogP contribution in [0.15, 0.2) is 43.0 Å². The molecule has 1 aromatic carbocycles. The summed E-state index contributed by atoms with van der Waals surface area (Å²) in [5.41, 5.74) is -0.304. The topological polar surface area (TPSA) is 133 Å². The highest BCUT2D eigenvalue weighted by atomic mass is 16.2. The fraction of sp³-hybridized carbons (Fsp3) is 0.641. The number of ketones is 3. The van der Waals surface area contributed by atoms with Crippen LogP contribution in [-0.2, 0) is 30.5 Å². The summed E-state index contributed by atoms with van der Waals surface area (Å²) in [5.74, 6) is -2.69. The van der Waals surface area contributed by atoms with Crippen LogP contribution in [0.25, 0.3) is 0 Å². The van der Waals surface area contributed by atoms with Crippen LogP contribution < -0.4 is 10.6 Å². The fourth-order valence-corrected chi connectivity index (χ4v) is 7.10. The minimum absolute atomic E-state index is 0.0716. The number of likely N-dealkylation sites (tertiary alicyclic amines) is 1. The molecule has 1 unspecified atom stereocenters. The first-order chi connectivity index (χ1) is 22.7. The molecule has 2 N–H and O–H groups in total. The molecule has 0 radical (unpaired) electrons. The molecule has 1 heterocycles. The largest absolute Gasteiger partial charge is 0.341 e. The Bertz CT molecular complexity index is 1410. The number of carbonyl (C=O) groups excluding carboxylic acids is 6. The van der Waals surface area contributed by atoms with E-state index in [0.29, 0.717) is 19.5 Å². The zero-order chi connectivity index (χ0) is 36.9. The maximum Gasteiger partial charge on any atom is 0.315 e. The van der Waals surface area contributed by atoms with Gasteiger partial charge in [-0.3, -0.25) is 24.0 Å². The van der Waals surface area contributed by atoms with E-state index in [9.17, 15) is 28.8 Å². The molecular formula is C39H58N4O6. The molecule has 49 heavy (non-hydrogen) atoms.